The van der Waals surface area contributed by atoms with Crippen LogP contribution in [-0.4, -0.2) is 21.1 Å². The van der Waals surface area contributed by atoms with Crippen LogP contribution >= 0.6 is 0 Å². The second-order valence-electron chi connectivity index (χ2n) is 4.64. The number of rotatable bonds is 5. The second kappa shape index (κ2) is 5.67. The van der Waals surface area contributed by atoms with E-state index in [1.165, 1.54) is 6.42 Å². The molecular weight excluding hydrogens is 224 g/mol. The Balaban J connectivity index is 2.04. The number of hydrogen-bond donors (Lipinski definition) is 1. The van der Waals surface area contributed by atoms with Crippen LogP contribution in [0, 0.1) is 12.8 Å². The molecule has 0 fully saturated rings. The van der Waals surface area contributed by atoms with Crippen LogP contribution < -0.4 is 5.32 Å². The van der Waals surface area contributed by atoms with Crippen molar-refractivity contribution in [3.8, 4) is 5.69 Å². The first-order valence-corrected chi connectivity index (χ1v) is 6.41. The summed E-state index contributed by atoms with van der Waals surface area (Å²) in [4.78, 5) is 8.63. The molecule has 0 aromatic carbocycles. The molecule has 1 atom stereocenters. The molecule has 2 rings (SSSR count). The molecule has 4 nitrogen and oxygen atoms in total. The zero-order valence-electron chi connectivity index (χ0n) is 11.2. The Bertz CT molecular complexity index is 487. The molecule has 0 aliphatic carbocycles. The van der Waals surface area contributed by atoms with Crippen molar-refractivity contribution in [1.29, 1.82) is 0 Å². The van der Waals surface area contributed by atoms with Crippen molar-refractivity contribution in [1.82, 2.24) is 14.5 Å². The summed E-state index contributed by atoms with van der Waals surface area (Å²) >= 11 is 0. The predicted molar refractivity (Wildman–Crippen MR) is 74.0 cm³/mol. The number of pyridine rings is 1. The highest BCUT2D eigenvalue weighted by atomic mass is 15.1. The van der Waals surface area contributed by atoms with Gasteiger partial charge in [-0.3, -0.25) is 0 Å². The minimum atomic E-state index is 0.669. The summed E-state index contributed by atoms with van der Waals surface area (Å²) in [5.41, 5.74) is 1.04. The number of aromatic nitrogens is 3. The topological polar surface area (TPSA) is 42.7 Å². The molecule has 4 heteroatoms. The van der Waals surface area contributed by atoms with Crippen LogP contribution in [0.5, 0.6) is 0 Å². The van der Waals surface area contributed by atoms with E-state index in [1.54, 1.807) is 6.20 Å². The second-order valence-corrected chi connectivity index (χ2v) is 4.64. The van der Waals surface area contributed by atoms with E-state index in [2.05, 4.69) is 35.2 Å². The molecule has 2 aromatic heterocycles. The Kier molecular flexibility index (Phi) is 3.97. The van der Waals surface area contributed by atoms with Gasteiger partial charge in [-0.2, -0.15) is 0 Å². The summed E-state index contributed by atoms with van der Waals surface area (Å²) in [6.45, 7) is 7.38. The zero-order valence-corrected chi connectivity index (χ0v) is 11.2. The summed E-state index contributed by atoms with van der Waals surface area (Å²) in [6.07, 6.45) is 6.79. The lowest BCUT2D eigenvalue weighted by Crippen LogP contribution is -2.11. The van der Waals surface area contributed by atoms with E-state index in [-0.39, 0.29) is 0 Å². The van der Waals surface area contributed by atoms with Gasteiger partial charge in [0.25, 0.3) is 0 Å². The van der Waals surface area contributed by atoms with Crippen LogP contribution in [0.4, 0.5) is 5.82 Å². The van der Waals surface area contributed by atoms with E-state index in [0.717, 1.165) is 23.9 Å². The predicted octanol–water partition coefficient (Wildman–Crippen LogP) is 3.03. The normalized spacial score (nSPS) is 12.4. The highest BCUT2D eigenvalue weighted by Gasteiger charge is 2.02. The third kappa shape index (κ3) is 2.88. The van der Waals surface area contributed by atoms with Gasteiger partial charge in [0.1, 0.15) is 11.6 Å². The van der Waals surface area contributed by atoms with Gasteiger partial charge < -0.3 is 9.88 Å². The van der Waals surface area contributed by atoms with E-state index in [9.17, 15) is 0 Å². The first kappa shape index (κ1) is 12.6. The van der Waals surface area contributed by atoms with Crippen LogP contribution in [-0.2, 0) is 0 Å². The quantitative estimate of drug-likeness (QED) is 0.879. The summed E-state index contributed by atoms with van der Waals surface area (Å²) in [6, 6.07) is 4.07. The van der Waals surface area contributed by atoms with Gasteiger partial charge in [-0.15, -0.1) is 0 Å². The van der Waals surface area contributed by atoms with E-state index >= 15 is 0 Å². The van der Waals surface area contributed by atoms with Gasteiger partial charge >= 0.3 is 0 Å². The molecule has 0 bridgehead atoms. The van der Waals surface area contributed by atoms with Crippen LogP contribution in [0.3, 0.4) is 0 Å². The average molecular weight is 244 g/mol. The Morgan fingerprint density at radius 2 is 2.17 bits per heavy atom. The number of hydrogen-bond acceptors (Lipinski definition) is 3. The fourth-order valence-electron chi connectivity index (χ4n) is 1.71. The maximum atomic E-state index is 4.42. The number of nitrogens with one attached hydrogen (secondary N) is 1. The first-order chi connectivity index (χ1) is 8.70. The third-order valence-corrected chi connectivity index (χ3v) is 3.18. The summed E-state index contributed by atoms with van der Waals surface area (Å²) in [7, 11) is 0. The van der Waals surface area contributed by atoms with Crippen molar-refractivity contribution in [3.63, 3.8) is 0 Å². The molecular formula is C14H20N4. The fourth-order valence-corrected chi connectivity index (χ4v) is 1.71. The SMILES string of the molecule is CCC(C)CNc1ccc(-n2ccnc2C)cn1. The van der Waals surface area contributed by atoms with Crippen molar-refractivity contribution < 1.29 is 0 Å². The zero-order chi connectivity index (χ0) is 13.0. The van der Waals surface area contributed by atoms with Gasteiger partial charge in [0.15, 0.2) is 0 Å². The van der Waals surface area contributed by atoms with Crippen molar-refractivity contribution in [2.75, 3.05) is 11.9 Å². The molecule has 0 aliphatic rings. The molecule has 1 N–H and O–H groups in total. The summed E-state index contributed by atoms with van der Waals surface area (Å²) in [5.74, 6) is 2.57. The lowest BCUT2D eigenvalue weighted by molar-refractivity contribution is 0.592. The minimum absolute atomic E-state index is 0.669. The van der Waals surface area contributed by atoms with Crippen molar-refractivity contribution in [2.24, 2.45) is 5.92 Å². The van der Waals surface area contributed by atoms with Gasteiger partial charge in [0.2, 0.25) is 0 Å². The molecule has 2 aromatic rings. The van der Waals surface area contributed by atoms with Gasteiger partial charge in [-0.05, 0) is 25.0 Å². The molecule has 0 amide bonds. The Morgan fingerprint density at radius 1 is 1.33 bits per heavy atom. The van der Waals surface area contributed by atoms with Gasteiger partial charge in [0, 0.05) is 18.9 Å². The highest BCUT2D eigenvalue weighted by Crippen LogP contribution is 2.12. The van der Waals surface area contributed by atoms with E-state index < -0.39 is 0 Å². The molecule has 0 spiro atoms. The first-order valence-electron chi connectivity index (χ1n) is 6.41. The maximum absolute atomic E-state index is 4.42. The van der Waals surface area contributed by atoms with Crippen molar-refractivity contribution >= 4 is 5.82 Å². The number of nitrogens with zero attached hydrogens (tertiary/aromatic N) is 3. The smallest absolute Gasteiger partial charge is 0.126 e. The fraction of sp³-hybridized carbons (Fsp3) is 0.429. The van der Waals surface area contributed by atoms with Crippen LogP contribution in [0.2, 0.25) is 0 Å². The molecule has 0 saturated carbocycles. The average Bonchev–Trinajstić information content (AvgIpc) is 2.83. The summed E-state index contributed by atoms with van der Waals surface area (Å²) < 4.78 is 2.02. The molecule has 2 heterocycles. The monoisotopic (exact) mass is 244 g/mol. The molecule has 1 unspecified atom stereocenters. The lowest BCUT2D eigenvalue weighted by Gasteiger charge is -2.11. The van der Waals surface area contributed by atoms with Gasteiger partial charge in [-0.25, -0.2) is 9.97 Å². The Hall–Kier alpha value is -1.84. The van der Waals surface area contributed by atoms with Crippen LogP contribution in [0.1, 0.15) is 26.1 Å². The Morgan fingerprint density at radius 3 is 2.72 bits per heavy atom. The van der Waals surface area contributed by atoms with E-state index in [4.69, 9.17) is 0 Å². The largest absolute Gasteiger partial charge is 0.370 e. The lowest BCUT2D eigenvalue weighted by atomic mass is 10.1. The van der Waals surface area contributed by atoms with Crippen molar-refractivity contribution in [2.45, 2.75) is 27.2 Å². The molecule has 0 radical (unpaired) electrons. The maximum Gasteiger partial charge on any atom is 0.126 e. The summed E-state index contributed by atoms with van der Waals surface area (Å²) in [5, 5.41) is 3.35. The number of imidazole rings is 1. The minimum Gasteiger partial charge on any atom is -0.370 e. The third-order valence-electron chi connectivity index (χ3n) is 3.18. The molecule has 0 aliphatic heterocycles. The molecule has 0 saturated heterocycles. The van der Waals surface area contributed by atoms with Crippen LogP contribution in [0.15, 0.2) is 30.7 Å². The molecule has 96 valence electrons. The standard InChI is InChI=1S/C14H20N4/c1-4-11(2)9-16-14-6-5-13(10-17-14)18-8-7-15-12(18)3/h5-8,10-11H,4,9H2,1-3H3,(H,16,17). The van der Waals surface area contributed by atoms with Crippen LogP contribution in [0.25, 0.3) is 5.69 Å². The van der Waals surface area contributed by atoms with E-state index in [1.807, 2.05) is 30.0 Å². The number of aryl methyl sites for hydroxylation is 1. The Labute approximate surface area is 108 Å². The van der Waals surface area contributed by atoms with Crippen molar-refractivity contribution in [3.05, 3.63) is 36.5 Å². The van der Waals surface area contributed by atoms with Gasteiger partial charge in [0.05, 0.1) is 11.9 Å². The molecule has 18 heavy (non-hydrogen) atoms. The number of anilines is 1. The van der Waals surface area contributed by atoms with E-state index in [0.29, 0.717) is 5.92 Å². The van der Waals surface area contributed by atoms with Gasteiger partial charge in [-0.1, -0.05) is 20.3 Å². The highest BCUT2D eigenvalue weighted by molar-refractivity contribution is 5.41.